The van der Waals surface area contributed by atoms with E-state index < -0.39 is 36.0 Å². The Morgan fingerprint density at radius 1 is 1.03 bits per heavy atom. The summed E-state index contributed by atoms with van der Waals surface area (Å²) in [7, 11) is 0. The fourth-order valence-electron chi connectivity index (χ4n) is 3.48. The van der Waals surface area contributed by atoms with Gasteiger partial charge >= 0.3 is 12.1 Å². The molecule has 2 atom stereocenters. The SMILES string of the molecule is CC[C@@H](C)NC(=O)NC(=O)CN1C(=O)N[C@@](Cc2ccccc2)(c2ccccc2)C1=O. The first kappa shape index (κ1) is 22.0. The first-order chi connectivity index (χ1) is 14.9. The van der Waals surface area contributed by atoms with Crippen molar-refractivity contribution < 1.29 is 19.2 Å². The van der Waals surface area contributed by atoms with Crippen LogP contribution in [0.25, 0.3) is 0 Å². The summed E-state index contributed by atoms with van der Waals surface area (Å²) in [5, 5.41) is 7.56. The summed E-state index contributed by atoms with van der Waals surface area (Å²) in [5.41, 5.74) is 0.146. The predicted octanol–water partition coefficient (Wildman–Crippen LogP) is 2.30. The zero-order chi connectivity index (χ0) is 22.4. The van der Waals surface area contributed by atoms with Crippen molar-refractivity contribution in [2.45, 2.75) is 38.3 Å². The monoisotopic (exact) mass is 422 g/mol. The minimum atomic E-state index is -1.33. The van der Waals surface area contributed by atoms with Gasteiger partial charge in [-0.25, -0.2) is 9.59 Å². The second-order valence-electron chi connectivity index (χ2n) is 7.59. The molecule has 0 spiro atoms. The van der Waals surface area contributed by atoms with E-state index in [9.17, 15) is 19.2 Å². The number of urea groups is 2. The zero-order valence-electron chi connectivity index (χ0n) is 17.6. The lowest BCUT2D eigenvalue weighted by Gasteiger charge is -2.27. The highest BCUT2D eigenvalue weighted by Gasteiger charge is 2.52. The minimum absolute atomic E-state index is 0.110. The van der Waals surface area contributed by atoms with Crippen molar-refractivity contribution >= 4 is 23.9 Å². The van der Waals surface area contributed by atoms with Crippen molar-refractivity contribution in [2.24, 2.45) is 0 Å². The van der Waals surface area contributed by atoms with E-state index in [0.717, 1.165) is 10.5 Å². The number of benzene rings is 2. The van der Waals surface area contributed by atoms with Crippen LogP contribution in [0.3, 0.4) is 0 Å². The number of imide groups is 2. The second kappa shape index (κ2) is 9.42. The van der Waals surface area contributed by atoms with E-state index in [2.05, 4.69) is 16.0 Å². The Labute approximate surface area is 181 Å². The molecule has 6 amide bonds. The molecule has 8 heteroatoms. The van der Waals surface area contributed by atoms with E-state index in [1.165, 1.54) is 0 Å². The molecule has 1 heterocycles. The standard InChI is InChI=1S/C23H26N4O4/c1-3-16(2)24-21(30)25-19(28)15-27-20(29)23(26-22(27)31,18-12-8-5-9-13-18)14-17-10-6-4-7-11-17/h4-13,16H,3,14-15H2,1-2H3,(H,26,31)(H2,24,25,28,30)/t16-,23+/m1/s1. The average molecular weight is 422 g/mol. The number of nitrogens with zero attached hydrogens (tertiary/aromatic N) is 1. The molecule has 3 rings (SSSR count). The van der Waals surface area contributed by atoms with Crippen LogP contribution in [0, 0.1) is 0 Å². The van der Waals surface area contributed by atoms with Crippen LogP contribution in [-0.4, -0.2) is 41.4 Å². The highest BCUT2D eigenvalue weighted by molar-refractivity contribution is 6.10. The lowest BCUT2D eigenvalue weighted by Crippen LogP contribution is -2.49. The summed E-state index contributed by atoms with van der Waals surface area (Å²) in [5.74, 6) is -1.28. The fraction of sp³-hybridized carbons (Fsp3) is 0.304. The largest absolute Gasteiger partial charge is 0.335 e. The molecule has 0 aromatic heterocycles. The van der Waals surface area contributed by atoms with Gasteiger partial charge in [0, 0.05) is 12.5 Å². The molecule has 3 N–H and O–H groups in total. The Balaban J connectivity index is 1.82. The lowest BCUT2D eigenvalue weighted by atomic mass is 9.83. The number of hydrogen-bond donors (Lipinski definition) is 3. The van der Waals surface area contributed by atoms with E-state index in [1.54, 1.807) is 31.2 Å². The molecule has 1 fully saturated rings. The van der Waals surface area contributed by atoms with E-state index in [-0.39, 0.29) is 12.5 Å². The van der Waals surface area contributed by atoms with E-state index >= 15 is 0 Å². The van der Waals surface area contributed by atoms with Gasteiger partial charge in [0.2, 0.25) is 5.91 Å². The normalized spacial score (nSPS) is 19.0. The van der Waals surface area contributed by atoms with E-state index in [1.807, 2.05) is 43.3 Å². The number of carbonyl (C=O) groups excluding carboxylic acids is 4. The summed E-state index contributed by atoms with van der Waals surface area (Å²) < 4.78 is 0. The third kappa shape index (κ3) is 4.91. The Morgan fingerprint density at radius 3 is 2.26 bits per heavy atom. The fourth-order valence-corrected chi connectivity index (χ4v) is 3.48. The average Bonchev–Trinajstić information content (AvgIpc) is 2.99. The van der Waals surface area contributed by atoms with Gasteiger partial charge in [-0.2, -0.15) is 0 Å². The molecule has 0 radical (unpaired) electrons. The topological polar surface area (TPSA) is 108 Å². The Bertz CT molecular complexity index is 964. The van der Waals surface area contributed by atoms with Crippen LogP contribution in [0.2, 0.25) is 0 Å². The highest BCUT2D eigenvalue weighted by Crippen LogP contribution is 2.32. The molecular formula is C23H26N4O4. The molecule has 0 saturated carbocycles. The molecule has 0 unspecified atom stereocenters. The van der Waals surface area contributed by atoms with Gasteiger partial charge in [0.15, 0.2) is 5.54 Å². The molecule has 1 saturated heterocycles. The smallest absolute Gasteiger partial charge is 0.325 e. The van der Waals surface area contributed by atoms with Gasteiger partial charge in [0.05, 0.1) is 0 Å². The molecule has 0 bridgehead atoms. The third-order valence-corrected chi connectivity index (χ3v) is 5.30. The number of nitrogens with one attached hydrogen (secondary N) is 3. The number of hydrogen-bond acceptors (Lipinski definition) is 4. The third-order valence-electron chi connectivity index (χ3n) is 5.30. The Morgan fingerprint density at radius 2 is 1.65 bits per heavy atom. The first-order valence-corrected chi connectivity index (χ1v) is 10.2. The molecule has 1 aliphatic rings. The molecular weight excluding hydrogens is 396 g/mol. The van der Waals surface area contributed by atoms with Crippen LogP contribution in [0.5, 0.6) is 0 Å². The minimum Gasteiger partial charge on any atom is -0.335 e. The molecule has 0 aliphatic carbocycles. The second-order valence-corrected chi connectivity index (χ2v) is 7.59. The van der Waals surface area contributed by atoms with Crippen LogP contribution in [0.4, 0.5) is 9.59 Å². The summed E-state index contributed by atoms with van der Waals surface area (Å²) in [4.78, 5) is 51.3. The Hall–Kier alpha value is -3.68. The van der Waals surface area contributed by atoms with E-state index in [4.69, 9.17) is 0 Å². The van der Waals surface area contributed by atoms with Gasteiger partial charge in [-0.05, 0) is 24.5 Å². The number of amides is 6. The van der Waals surface area contributed by atoms with Gasteiger partial charge in [-0.15, -0.1) is 0 Å². The quantitative estimate of drug-likeness (QED) is 0.595. The summed E-state index contributed by atoms with van der Waals surface area (Å²) in [6, 6.07) is 16.8. The van der Waals surface area contributed by atoms with Crippen molar-refractivity contribution in [3.63, 3.8) is 0 Å². The van der Waals surface area contributed by atoms with Crippen molar-refractivity contribution in [2.75, 3.05) is 6.54 Å². The first-order valence-electron chi connectivity index (χ1n) is 10.2. The molecule has 162 valence electrons. The summed E-state index contributed by atoms with van der Waals surface area (Å²) >= 11 is 0. The summed E-state index contributed by atoms with van der Waals surface area (Å²) in [6.07, 6.45) is 0.933. The van der Waals surface area contributed by atoms with Crippen molar-refractivity contribution in [1.29, 1.82) is 0 Å². The van der Waals surface area contributed by atoms with Crippen LogP contribution in [-0.2, 0) is 21.5 Å². The zero-order valence-corrected chi connectivity index (χ0v) is 17.6. The maximum Gasteiger partial charge on any atom is 0.325 e. The number of rotatable bonds is 7. The van der Waals surface area contributed by atoms with Crippen LogP contribution in [0.1, 0.15) is 31.4 Å². The molecule has 8 nitrogen and oxygen atoms in total. The van der Waals surface area contributed by atoms with Gasteiger partial charge in [0.25, 0.3) is 5.91 Å². The maximum absolute atomic E-state index is 13.5. The predicted molar refractivity (Wildman–Crippen MR) is 115 cm³/mol. The van der Waals surface area contributed by atoms with E-state index in [0.29, 0.717) is 12.0 Å². The molecule has 2 aromatic carbocycles. The van der Waals surface area contributed by atoms with Crippen molar-refractivity contribution in [1.82, 2.24) is 20.9 Å². The molecule has 1 aliphatic heterocycles. The van der Waals surface area contributed by atoms with Gasteiger partial charge in [0.1, 0.15) is 6.54 Å². The Kier molecular flexibility index (Phi) is 6.69. The number of carbonyl (C=O) groups is 4. The highest BCUT2D eigenvalue weighted by atomic mass is 16.2. The van der Waals surface area contributed by atoms with Crippen molar-refractivity contribution in [3.8, 4) is 0 Å². The lowest BCUT2D eigenvalue weighted by molar-refractivity contribution is -0.135. The molecule has 2 aromatic rings. The van der Waals surface area contributed by atoms with Crippen molar-refractivity contribution in [3.05, 3.63) is 71.8 Å². The van der Waals surface area contributed by atoms with Crippen LogP contribution >= 0.6 is 0 Å². The maximum atomic E-state index is 13.5. The van der Waals surface area contributed by atoms with Gasteiger partial charge in [-0.1, -0.05) is 67.6 Å². The van der Waals surface area contributed by atoms with Crippen LogP contribution < -0.4 is 16.0 Å². The van der Waals surface area contributed by atoms with Gasteiger partial charge in [-0.3, -0.25) is 19.8 Å². The summed E-state index contributed by atoms with van der Waals surface area (Å²) in [6.45, 7) is 3.15. The van der Waals surface area contributed by atoms with Crippen LogP contribution in [0.15, 0.2) is 60.7 Å². The van der Waals surface area contributed by atoms with Gasteiger partial charge < -0.3 is 10.6 Å². The molecule has 31 heavy (non-hydrogen) atoms.